The first-order valence-corrected chi connectivity index (χ1v) is 20.9. The fraction of sp³-hybridized carbons (Fsp3) is 0.778. The molecule has 22 heteroatoms. The molecule has 8 atom stereocenters. The maximum Gasteiger partial charge on any atom is 0.326 e. The molecule has 0 radical (unpaired) electrons. The SMILES string of the molecule is NCC[C@H](NC(=O)[C@@H](N)CCCCNC(=O)[C@H](CCCCN=C(N)N)NC(=O)[C@@H](N)CCS)C(=O)N1C2CCCCC2C[C@H]1C(=O)N[C@@H](CCCN=C(N)N)C(=O)O. The molecule has 2 aliphatic rings. The number of fused-ring (bicyclic) bond motifs is 1. The number of amides is 5. The standard InChI is InChI=1S/C36H68N14O7S/c37-15-13-25(33(55)50-27-12-2-1-8-21(27)20-28(50)32(54)49-26(34(56)57)11-7-18-46-36(42)43)48-29(51)22(38)9-3-5-16-44-31(53)24(10-4-6-17-45-35(40)41)47-30(52)23(39)14-19-58/h21-28,58H,1-20,37-39H2,(H,44,53)(H,47,52)(H,48,51)(H,49,54)(H,56,57)(H4,40,41,45)(H4,42,43,46)/t21?,22-,23-,24-,25-,26-,27?,28-/m0/s1. The second-order valence-electron chi connectivity index (χ2n) is 15.0. The molecular formula is C36H68N14O7S. The molecule has 330 valence electrons. The number of rotatable bonds is 27. The fourth-order valence-corrected chi connectivity index (χ4v) is 7.64. The zero-order valence-corrected chi connectivity index (χ0v) is 34.4. The minimum atomic E-state index is -1.22. The van der Waals surface area contributed by atoms with Crippen LogP contribution in [-0.2, 0) is 28.8 Å². The van der Waals surface area contributed by atoms with Crippen LogP contribution in [0.5, 0.6) is 0 Å². The van der Waals surface area contributed by atoms with Crippen molar-refractivity contribution in [2.45, 2.75) is 139 Å². The van der Waals surface area contributed by atoms with Crippen LogP contribution in [-0.4, -0.2) is 132 Å². The fourth-order valence-electron chi connectivity index (χ4n) is 7.36. The number of hydrogen-bond acceptors (Lipinski definition) is 12. The zero-order chi connectivity index (χ0) is 43.2. The highest BCUT2D eigenvalue weighted by molar-refractivity contribution is 7.80. The van der Waals surface area contributed by atoms with Crippen LogP contribution in [0.3, 0.4) is 0 Å². The first kappa shape index (κ1) is 49.7. The van der Waals surface area contributed by atoms with Crippen molar-refractivity contribution < 1.29 is 33.9 Å². The van der Waals surface area contributed by atoms with Crippen molar-refractivity contribution in [1.82, 2.24) is 26.2 Å². The van der Waals surface area contributed by atoms with Gasteiger partial charge in [-0.3, -0.25) is 34.0 Å². The van der Waals surface area contributed by atoms with E-state index in [4.69, 9.17) is 40.1 Å². The third kappa shape index (κ3) is 17.2. The number of guanidine groups is 2. The molecule has 2 unspecified atom stereocenters. The van der Waals surface area contributed by atoms with Crippen molar-refractivity contribution in [1.29, 1.82) is 0 Å². The van der Waals surface area contributed by atoms with Crippen LogP contribution >= 0.6 is 12.6 Å². The summed E-state index contributed by atoms with van der Waals surface area (Å²) in [4.78, 5) is 88.2. The number of likely N-dealkylation sites (tertiary alicyclic amines) is 1. The number of aliphatic imine (C=N–C) groups is 2. The topological polar surface area (TPSA) is 381 Å². The van der Waals surface area contributed by atoms with Gasteiger partial charge in [0.1, 0.15) is 24.2 Å². The Balaban J connectivity index is 2.00. The lowest BCUT2D eigenvalue weighted by molar-refractivity contribution is -0.146. The van der Waals surface area contributed by atoms with Crippen molar-refractivity contribution in [3.05, 3.63) is 0 Å². The van der Waals surface area contributed by atoms with Gasteiger partial charge in [-0.1, -0.05) is 12.8 Å². The van der Waals surface area contributed by atoms with Crippen LogP contribution in [0.15, 0.2) is 9.98 Å². The smallest absolute Gasteiger partial charge is 0.326 e. The summed E-state index contributed by atoms with van der Waals surface area (Å²) in [6.45, 7) is 0.901. The molecule has 2 fully saturated rings. The van der Waals surface area contributed by atoms with Crippen molar-refractivity contribution in [2.24, 2.45) is 56.0 Å². The van der Waals surface area contributed by atoms with E-state index in [1.165, 1.54) is 4.90 Å². The van der Waals surface area contributed by atoms with Gasteiger partial charge in [-0.25, -0.2) is 4.79 Å². The molecule has 1 heterocycles. The Bertz CT molecular complexity index is 1410. The van der Waals surface area contributed by atoms with E-state index in [1.807, 2.05) is 0 Å². The number of carboxylic acids is 1. The number of nitrogens with two attached hydrogens (primary N) is 7. The zero-order valence-electron chi connectivity index (χ0n) is 33.5. The highest BCUT2D eigenvalue weighted by Gasteiger charge is 2.49. The Labute approximate surface area is 346 Å². The molecule has 0 bridgehead atoms. The summed E-state index contributed by atoms with van der Waals surface area (Å²) < 4.78 is 0. The molecule has 21 nitrogen and oxygen atoms in total. The Hall–Kier alpha value is -4.41. The maximum absolute atomic E-state index is 14.2. The van der Waals surface area contributed by atoms with Crippen molar-refractivity contribution in [2.75, 3.05) is 31.9 Å². The normalized spacial score (nSPS) is 19.9. The molecule has 1 saturated carbocycles. The molecule has 0 aromatic carbocycles. The highest BCUT2D eigenvalue weighted by Crippen LogP contribution is 2.40. The van der Waals surface area contributed by atoms with Crippen LogP contribution in [0.1, 0.15) is 96.3 Å². The Morgan fingerprint density at radius 2 is 1.29 bits per heavy atom. The van der Waals surface area contributed by atoms with Gasteiger partial charge in [-0.15, -0.1) is 0 Å². The van der Waals surface area contributed by atoms with Gasteiger partial charge < -0.3 is 71.4 Å². The number of hydrogen-bond donors (Lipinski definition) is 13. The Morgan fingerprint density at radius 1 is 0.707 bits per heavy atom. The van der Waals surface area contributed by atoms with Gasteiger partial charge >= 0.3 is 5.97 Å². The molecule has 0 spiro atoms. The Morgan fingerprint density at radius 3 is 1.91 bits per heavy atom. The monoisotopic (exact) mass is 841 g/mol. The van der Waals surface area contributed by atoms with E-state index >= 15 is 0 Å². The number of nitrogens with zero attached hydrogens (tertiary/aromatic N) is 3. The summed E-state index contributed by atoms with van der Waals surface area (Å²) in [6.07, 6.45) is 7.20. The second kappa shape index (κ2) is 26.6. The average molecular weight is 841 g/mol. The van der Waals surface area contributed by atoms with Gasteiger partial charge in [0, 0.05) is 25.7 Å². The predicted octanol–water partition coefficient (Wildman–Crippen LogP) is -3.21. The lowest BCUT2D eigenvalue weighted by Gasteiger charge is -2.36. The molecule has 1 aliphatic heterocycles. The minimum absolute atomic E-state index is 0.0283. The molecular weight excluding hydrogens is 773 g/mol. The summed E-state index contributed by atoms with van der Waals surface area (Å²) in [5.74, 6) is -3.35. The van der Waals surface area contributed by atoms with E-state index in [0.717, 1.165) is 19.3 Å². The summed E-state index contributed by atoms with van der Waals surface area (Å²) in [5, 5.41) is 20.7. The minimum Gasteiger partial charge on any atom is -0.480 e. The highest BCUT2D eigenvalue weighted by atomic mass is 32.1. The molecule has 5 amide bonds. The van der Waals surface area contributed by atoms with Crippen LogP contribution < -0.4 is 61.4 Å². The van der Waals surface area contributed by atoms with E-state index in [0.29, 0.717) is 70.1 Å². The molecule has 0 aromatic rings. The van der Waals surface area contributed by atoms with E-state index < -0.39 is 65.8 Å². The third-order valence-corrected chi connectivity index (χ3v) is 10.7. The number of nitrogens with one attached hydrogen (secondary N) is 4. The number of thiol groups is 1. The number of carbonyl (C=O) groups excluding carboxylic acids is 5. The second-order valence-corrected chi connectivity index (χ2v) is 15.4. The Kier molecular flexibility index (Phi) is 22.8. The van der Waals surface area contributed by atoms with Gasteiger partial charge in [0.2, 0.25) is 29.5 Å². The van der Waals surface area contributed by atoms with Gasteiger partial charge in [-0.2, -0.15) is 12.6 Å². The maximum atomic E-state index is 14.2. The molecule has 2 rings (SSSR count). The number of carbonyl (C=O) groups is 6. The molecule has 1 aliphatic carbocycles. The van der Waals surface area contributed by atoms with Crippen LogP contribution in [0.2, 0.25) is 0 Å². The van der Waals surface area contributed by atoms with E-state index in [9.17, 15) is 33.9 Å². The lowest BCUT2D eigenvalue weighted by Crippen LogP contribution is -2.59. The van der Waals surface area contributed by atoms with Crippen molar-refractivity contribution >= 4 is 60.1 Å². The summed E-state index contributed by atoms with van der Waals surface area (Å²) >= 11 is 4.12. The van der Waals surface area contributed by atoms with Crippen LogP contribution in [0.4, 0.5) is 0 Å². The summed E-state index contributed by atoms with van der Waals surface area (Å²) in [6, 6.07) is -6.05. The van der Waals surface area contributed by atoms with Gasteiger partial charge in [-0.05, 0) is 102 Å². The lowest BCUT2D eigenvalue weighted by atomic mass is 9.84. The van der Waals surface area contributed by atoms with Crippen LogP contribution in [0, 0.1) is 5.92 Å². The summed E-state index contributed by atoms with van der Waals surface area (Å²) in [7, 11) is 0. The largest absolute Gasteiger partial charge is 0.480 e. The number of aliphatic carboxylic acids is 1. The third-order valence-electron chi connectivity index (χ3n) is 10.5. The first-order valence-electron chi connectivity index (χ1n) is 20.3. The van der Waals surface area contributed by atoms with Crippen molar-refractivity contribution in [3.63, 3.8) is 0 Å². The quantitative estimate of drug-likeness (QED) is 0.0168. The molecule has 1 saturated heterocycles. The first-order chi connectivity index (χ1) is 27.6. The van der Waals surface area contributed by atoms with E-state index in [-0.39, 0.29) is 68.7 Å². The van der Waals surface area contributed by atoms with Crippen LogP contribution in [0.25, 0.3) is 0 Å². The average Bonchev–Trinajstić information content (AvgIpc) is 3.57. The van der Waals surface area contributed by atoms with E-state index in [1.54, 1.807) is 0 Å². The van der Waals surface area contributed by atoms with Gasteiger partial charge in [0.15, 0.2) is 11.9 Å². The molecule has 0 aromatic heterocycles. The molecule has 58 heavy (non-hydrogen) atoms. The van der Waals surface area contributed by atoms with Crippen molar-refractivity contribution in [3.8, 4) is 0 Å². The number of carboxylic acid groups (broad SMARTS) is 1. The molecule has 19 N–H and O–H groups in total. The van der Waals surface area contributed by atoms with Gasteiger partial charge in [0.05, 0.1) is 12.1 Å². The number of unbranched alkanes of at least 4 members (excludes halogenated alkanes) is 2. The summed E-state index contributed by atoms with van der Waals surface area (Å²) in [5.41, 5.74) is 39.5. The predicted molar refractivity (Wildman–Crippen MR) is 224 cm³/mol. The van der Waals surface area contributed by atoms with E-state index in [2.05, 4.69) is 43.9 Å². The van der Waals surface area contributed by atoms with Gasteiger partial charge in [0.25, 0.3) is 0 Å².